The van der Waals surface area contributed by atoms with Gasteiger partial charge in [-0.15, -0.1) is 0 Å². The topological polar surface area (TPSA) is 45.5 Å². The molecule has 0 radical (unpaired) electrons. The maximum Gasteiger partial charge on any atom is 0.254 e. The maximum absolute atomic E-state index is 12.2. The van der Waals surface area contributed by atoms with Gasteiger partial charge in [-0.05, 0) is 31.0 Å². The first-order chi connectivity index (χ1) is 10.7. The summed E-state index contributed by atoms with van der Waals surface area (Å²) >= 11 is 4.11. The van der Waals surface area contributed by atoms with Crippen molar-refractivity contribution in [2.75, 3.05) is 17.2 Å². The fraction of sp³-hybridized carbons (Fsp3) is 0.353. The number of hydrogen-bond acceptors (Lipinski definition) is 4. The molecule has 116 valence electrons. The highest BCUT2D eigenvalue weighted by Crippen LogP contribution is 2.33. The largest absolute Gasteiger partial charge is 0.467 e. The minimum Gasteiger partial charge on any atom is -0.467 e. The summed E-state index contributed by atoms with van der Waals surface area (Å²) in [5.74, 6) is 1.23. The molecule has 0 spiro atoms. The Kier molecular flexibility index (Phi) is 4.43. The summed E-state index contributed by atoms with van der Waals surface area (Å²) in [5, 5.41) is 2.84. The minimum atomic E-state index is -0.0991. The zero-order valence-corrected chi connectivity index (χ0v) is 13.5. The van der Waals surface area contributed by atoms with E-state index < -0.39 is 0 Å². The number of benzene rings is 1. The lowest BCUT2D eigenvalue weighted by molar-refractivity contribution is 0.0954. The van der Waals surface area contributed by atoms with Gasteiger partial charge in [0.1, 0.15) is 5.76 Å². The van der Waals surface area contributed by atoms with Crippen molar-refractivity contribution in [3.8, 4) is 0 Å². The molecule has 1 aromatic heterocycles. The van der Waals surface area contributed by atoms with Crippen LogP contribution in [0.4, 0.5) is 5.69 Å². The molecule has 0 fully saturated rings. The first kappa shape index (κ1) is 15.0. The lowest BCUT2D eigenvalue weighted by atomic mass is 10.1. The van der Waals surface area contributed by atoms with Crippen LogP contribution < -0.4 is 10.2 Å². The van der Waals surface area contributed by atoms with Crippen LogP contribution in [-0.2, 0) is 13.0 Å². The van der Waals surface area contributed by atoms with Crippen molar-refractivity contribution in [3.63, 3.8) is 0 Å². The summed E-state index contributed by atoms with van der Waals surface area (Å²) in [5.41, 5.74) is 3.19. The van der Waals surface area contributed by atoms with Crippen molar-refractivity contribution in [2.45, 2.75) is 25.9 Å². The van der Waals surface area contributed by atoms with Gasteiger partial charge in [0.25, 0.3) is 5.91 Å². The Labute approximate surface area is 135 Å². The molecule has 2 aromatic rings. The molecule has 0 saturated heterocycles. The Bertz CT molecular complexity index is 668. The monoisotopic (exact) mass is 316 g/mol. The van der Waals surface area contributed by atoms with Crippen molar-refractivity contribution in [3.05, 3.63) is 53.5 Å². The predicted octanol–water partition coefficient (Wildman–Crippen LogP) is 2.89. The smallest absolute Gasteiger partial charge is 0.254 e. The number of thiol groups is 1. The molecule has 1 aliphatic rings. The molecule has 22 heavy (non-hydrogen) atoms. The predicted molar refractivity (Wildman–Crippen MR) is 90.7 cm³/mol. The lowest BCUT2D eigenvalue weighted by Crippen LogP contribution is -2.30. The van der Waals surface area contributed by atoms with Crippen LogP contribution in [-0.4, -0.2) is 24.2 Å². The highest BCUT2D eigenvalue weighted by Gasteiger charge is 2.27. The van der Waals surface area contributed by atoms with E-state index >= 15 is 0 Å². The van der Waals surface area contributed by atoms with Gasteiger partial charge >= 0.3 is 0 Å². The van der Waals surface area contributed by atoms with Crippen molar-refractivity contribution in [1.82, 2.24) is 5.32 Å². The molecule has 4 nitrogen and oxygen atoms in total. The third-order valence-electron chi connectivity index (χ3n) is 4.05. The summed E-state index contributed by atoms with van der Waals surface area (Å²) in [7, 11) is 0. The molecular formula is C17H20N2O2S. The van der Waals surface area contributed by atoms with E-state index in [-0.39, 0.29) is 5.91 Å². The third kappa shape index (κ3) is 2.86. The van der Waals surface area contributed by atoms with E-state index in [4.69, 9.17) is 4.42 Å². The second-order valence-corrected chi connectivity index (χ2v) is 5.99. The molecule has 1 N–H and O–H groups in total. The van der Waals surface area contributed by atoms with E-state index in [2.05, 4.69) is 48.0 Å². The Hall–Kier alpha value is -1.88. The summed E-state index contributed by atoms with van der Waals surface area (Å²) < 4.78 is 5.57. The number of fused-ring (bicyclic) bond motifs is 1. The van der Waals surface area contributed by atoms with Crippen LogP contribution in [0.3, 0.4) is 0 Å². The highest BCUT2D eigenvalue weighted by atomic mass is 32.1. The van der Waals surface area contributed by atoms with Crippen molar-refractivity contribution >= 4 is 24.2 Å². The summed E-state index contributed by atoms with van der Waals surface area (Å²) in [4.78, 5) is 14.5. The van der Waals surface area contributed by atoms with Crippen LogP contribution in [0.2, 0.25) is 0 Å². The first-order valence-electron chi connectivity index (χ1n) is 7.50. The van der Waals surface area contributed by atoms with Crippen LogP contribution in [0.5, 0.6) is 0 Å². The van der Waals surface area contributed by atoms with Gasteiger partial charge in [0.05, 0.1) is 18.4 Å². The summed E-state index contributed by atoms with van der Waals surface area (Å²) in [6.45, 7) is 3.36. The zero-order valence-electron chi connectivity index (χ0n) is 12.6. The Morgan fingerprint density at radius 3 is 3.05 bits per heavy atom. The van der Waals surface area contributed by atoms with E-state index in [1.54, 1.807) is 12.3 Å². The van der Waals surface area contributed by atoms with E-state index in [0.717, 1.165) is 6.42 Å². The van der Waals surface area contributed by atoms with Crippen molar-refractivity contribution < 1.29 is 9.21 Å². The average Bonchev–Trinajstić information content (AvgIpc) is 3.10. The molecule has 0 aliphatic carbocycles. The van der Waals surface area contributed by atoms with E-state index in [1.807, 2.05) is 6.07 Å². The molecule has 1 amide bonds. The summed E-state index contributed by atoms with van der Waals surface area (Å²) in [6.07, 6.45) is 2.61. The van der Waals surface area contributed by atoms with E-state index in [1.165, 1.54) is 11.3 Å². The number of furan rings is 1. The molecule has 1 aromatic carbocycles. The van der Waals surface area contributed by atoms with Gasteiger partial charge in [0.15, 0.2) is 0 Å². The Morgan fingerprint density at radius 2 is 2.23 bits per heavy atom. The number of nitrogens with one attached hydrogen (secondary N) is 1. The number of amides is 1. The molecule has 3 rings (SSSR count). The van der Waals surface area contributed by atoms with Crippen molar-refractivity contribution in [2.24, 2.45) is 0 Å². The average molecular weight is 316 g/mol. The van der Waals surface area contributed by atoms with Crippen LogP contribution >= 0.6 is 12.6 Å². The van der Waals surface area contributed by atoms with Gasteiger partial charge in [-0.25, -0.2) is 0 Å². The van der Waals surface area contributed by atoms with E-state index in [0.29, 0.717) is 36.2 Å². The van der Waals surface area contributed by atoms with Crippen LogP contribution in [0.25, 0.3) is 0 Å². The molecule has 5 heteroatoms. The van der Waals surface area contributed by atoms with Crippen LogP contribution in [0.15, 0.2) is 41.0 Å². The first-order valence-corrected chi connectivity index (χ1v) is 8.14. The number of para-hydroxylation sites is 1. The minimum absolute atomic E-state index is 0.0991. The lowest BCUT2D eigenvalue weighted by Gasteiger charge is -2.24. The maximum atomic E-state index is 12.2. The Balaban J connectivity index is 1.80. The fourth-order valence-corrected chi connectivity index (χ4v) is 3.07. The zero-order chi connectivity index (χ0) is 15.5. The third-order valence-corrected chi connectivity index (χ3v) is 4.27. The molecule has 0 bridgehead atoms. The second kappa shape index (κ2) is 6.48. The fourth-order valence-electron chi connectivity index (χ4n) is 2.96. The highest BCUT2D eigenvalue weighted by molar-refractivity contribution is 7.80. The van der Waals surface area contributed by atoms with Gasteiger partial charge in [-0.1, -0.05) is 18.2 Å². The summed E-state index contributed by atoms with van der Waals surface area (Å²) in [6, 6.07) is 10.5. The van der Waals surface area contributed by atoms with Gasteiger partial charge in [0, 0.05) is 24.0 Å². The van der Waals surface area contributed by atoms with Gasteiger partial charge in [0.2, 0.25) is 0 Å². The second-order valence-electron chi connectivity index (χ2n) is 5.55. The van der Waals surface area contributed by atoms with Crippen LogP contribution in [0, 0.1) is 0 Å². The molecular weight excluding hydrogens is 296 g/mol. The van der Waals surface area contributed by atoms with Crippen molar-refractivity contribution in [1.29, 1.82) is 0 Å². The van der Waals surface area contributed by atoms with E-state index in [9.17, 15) is 4.79 Å². The quantitative estimate of drug-likeness (QED) is 0.834. The SMILES string of the molecule is CC1Cc2ccccc2N1Cc1occc1C(=O)NCCS. The standard InChI is InChI=1S/C17H20N2O2S/c1-12-10-13-4-2-3-5-15(13)19(12)11-16-14(6-8-21-16)17(20)18-7-9-22/h2-6,8,12,22H,7,9-11H2,1H3,(H,18,20). The Morgan fingerprint density at radius 1 is 1.41 bits per heavy atom. The molecule has 2 heterocycles. The number of anilines is 1. The number of rotatable bonds is 5. The van der Waals surface area contributed by atoms with Gasteiger partial charge in [-0.2, -0.15) is 12.6 Å². The molecule has 0 saturated carbocycles. The van der Waals surface area contributed by atoms with Crippen LogP contribution in [0.1, 0.15) is 28.6 Å². The molecule has 1 unspecified atom stereocenters. The normalized spacial score (nSPS) is 16.6. The number of carbonyl (C=O) groups is 1. The van der Waals surface area contributed by atoms with Gasteiger partial charge < -0.3 is 14.6 Å². The molecule has 1 atom stereocenters. The number of nitrogens with zero attached hydrogens (tertiary/aromatic N) is 1. The number of hydrogen-bond donors (Lipinski definition) is 2. The van der Waals surface area contributed by atoms with Gasteiger partial charge in [-0.3, -0.25) is 4.79 Å². The number of carbonyl (C=O) groups excluding carboxylic acids is 1. The molecule has 1 aliphatic heterocycles.